The van der Waals surface area contributed by atoms with Crippen molar-refractivity contribution in [1.82, 2.24) is 20.2 Å². The lowest BCUT2D eigenvalue weighted by Gasteiger charge is -1.93. The van der Waals surface area contributed by atoms with Gasteiger partial charge in [0.15, 0.2) is 10.9 Å². The van der Waals surface area contributed by atoms with Crippen molar-refractivity contribution in [3.63, 3.8) is 0 Å². The van der Waals surface area contributed by atoms with Crippen LogP contribution in [0.1, 0.15) is 12.7 Å². The van der Waals surface area contributed by atoms with E-state index >= 15 is 0 Å². The molecular formula is C6H8N4OS. The van der Waals surface area contributed by atoms with Crippen LogP contribution in [0.25, 0.3) is 6.20 Å². The summed E-state index contributed by atoms with van der Waals surface area (Å²) in [5.74, 6) is 0.692. The molecule has 0 spiro atoms. The molecule has 0 aliphatic rings. The van der Waals surface area contributed by atoms with Gasteiger partial charge in [-0.3, -0.25) is 0 Å². The molecule has 0 bridgehead atoms. The van der Waals surface area contributed by atoms with E-state index in [9.17, 15) is 0 Å². The van der Waals surface area contributed by atoms with Crippen molar-refractivity contribution in [3.8, 4) is 0 Å². The molecule has 0 aliphatic carbocycles. The van der Waals surface area contributed by atoms with E-state index in [2.05, 4.69) is 27.7 Å². The van der Waals surface area contributed by atoms with Gasteiger partial charge in [0.1, 0.15) is 6.26 Å². The second-order valence-corrected chi connectivity index (χ2v) is 2.64. The normalized spacial score (nSPS) is 10.5. The highest BCUT2D eigenvalue weighted by Crippen LogP contribution is 1.90. The minimum absolute atomic E-state index is 0.456. The third-order valence-corrected chi connectivity index (χ3v) is 1.19. The van der Waals surface area contributed by atoms with E-state index in [0.717, 1.165) is 0 Å². The highest BCUT2D eigenvalue weighted by Gasteiger charge is 1.93. The average Bonchev–Trinajstić information content (AvgIpc) is 2.36. The van der Waals surface area contributed by atoms with Crippen LogP contribution in [0, 0.1) is 6.92 Å². The van der Waals surface area contributed by atoms with Gasteiger partial charge < -0.3 is 4.74 Å². The van der Waals surface area contributed by atoms with E-state index in [4.69, 9.17) is 4.74 Å². The Balaban J connectivity index is 2.57. The van der Waals surface area contributed by atoms with Crippen molar-refractivity contribution in [1.29, 1.82) is 0 Å². The zero-order chi connectivity index (χ0) is 8.97. The Kier molecular flexibility index (Phi) is 2.87. The van der Waals surface area contributed by atoms with Crippen LogP contribution in [0.15, 0.2) is 6.26 Å². The first-order valence-corrected chi connectivity index (χ1v) is 3.69. The third-order valence-electron chi connectivity index (χ3n) is 1.09. The van der Waals surface area contributed by atoms with Gasteiger partial charge in [0.05, 0.1) is 6.20 Å². The van der Waals surface area contributed by atoms with Crippen molar-refractivity contribution >= 4 is 23.5 Å². The number of thiocarbonyl (C=S) groups is 1. The summed E-state index contributed by atoms with van der Waals surface area (Å²) in [5.41, 5.74) is 0. The summed E-state index contributed by atoms with van der Waals surface area (Å²) in [5, 5.41) is 11.2. The molecule has 1 aromatic heterocycles. The first kappa shape index (κ1) is 8.79. The fourth-order valence-corrected chi connectivity index (χ4v) is 0.615. The van der Waals surface area contributed by atoms with Crippen molar-refractivity contribution in [2.45, 2.75) is 13.8 Å². The van der Waals surface area contributed by atoms with Gasteiger partial charge in [-0.05, 0) is 29.6 Å². The molecule has 0 saturated heterocycles. The van der Waals surface area contributed by atoms with Crippen molar-refractivity contribution in [2.24, 2.45) is 0 Å². The molecular weight excluding hydrogens is 176 g/mol. The van der Waals surface area contributed by atoms with E-state index in [1.54, 1.807) is 20.0 Å². The number of hydrogen-bond acceptors (Lipinski definition) is 5. The van der Waals surface area contributed by atoms with Gasteiger partial charge in [0.2, 0.25) is 0 Å². The van der Waals surface area contributed by atoms with E-state index < -0.39 is 0 Å². The lowest BCUT2D eigenvalue weighted by molar-refractivity contribution is 0.482. The predicted molar refractivity (Wildman–Crippen MR) is 47.2 cm³/mol. The quantitative estimate of drug-likeness (QED) is 0.502. The van der Waals surface area contributed by atoms with Crippen LogP contribution in [-0.4, -0.2) is 25.3 Å². The number of aryl methyl sites for hydroxylation is 1. The Hall–Kier alpha value is -1.30. The minimum atomic E-state index is 0.456. The van der Waals surface area contributed by atoms with E-state index in [1.807, 2.05) is 0 Å². The molecule has 6 heteroatoms. The standard InChI is InChI=1S/C6H8N4OS/c1-5-7-8-9-10(5)3-4-11-6(2)12/h3-4H,1-2H3. The Morgan fingerprint density at radius 1 is 1.67 bits per heavy atom. The maximum Gasteiger partial charge on any atom is 0.163 e. The second-order valence-electron chi connectivity index (χ2n) is 2.07. The Bertz CT molecular complexity index is 306. The van der Waals surface area contributed by atoms with Crippen LogP contribution in [0.4, 0.5) is 0 Å². The number of hydrogen-bond donors (Lipinski definition) is 0. The average molecular weight is 184 g/mol. The zero-order valence-corrected chi connectivity index (χ0v) is 7.58. The summed E-state index contributed by atoms with van der Waals surface area (Å²) in [4.78, 5) is 0. The van der Waals surface area contributed by atoms with Gasteiger partial charge >= 0.3 is 0 Å². The van der Waals surface area contributed by atoms with Gasteiger partial charge in [-0.25, -0.2) is 4.68 Å². The van der Waals surface area contributed by atoms with E-state index in [0.29, 0.717) is 10.9 Å². The van der Waals surface area contributed by atoms with Gasteiger partial charge in [-0.2, -0.15) is 0 Å². The molecule has 1 rings (SSSR count). The highest BCUT2D eigenvalue weighted by atomic mass is 32.1. The van der Waals surface area contributed by atoms with E-state index in [1.165, 1.54) is 10.9 Å². The maximum atomic E-state index is 4.90. The minimum Gasteiger partial charge on any atom is -0.457 e. The molecule has 0 amide bonds. The van der Waals surface area contributed by atoms with Gasteiger partial charge in [0, 0.05) is 6.92 Å². The van der Waals surface area contributed by atoms with Crippen LogP contribution < -0.4 is 0 Å². The lowest BCUT2D eigenvalue weighted by Crippen LogP contribution is -1.94. The van der Waals surface area contributed by atoms with Crippen molar-refractivity contribution in [2.75, 3.05) is 0 Å². The monoisotopic (exact) mass is 184 g/mol. The highest BCUT2D eigenvalue weighted by molar-refractivity contribution is 7.80. The Labute approximate surface area is 75.0 Å². The summed E-state index contributed by atoms with van der Waals surface area (Å²) < 4.78 is 6.39. The van der Waals surface area contributed by atoms with Crippen LogP contribution in [0.5, 0.6) is 0 Å². The number of ether oxygens (including phenoxy) is 1. The molecule has 0 aliphatic heterocycles. The van der Waals surface area contributed by atoms with Crippen molar-refractivity contribution < 1.29 is 4.74 Å². The summed E-state index contributed by atoms with van der Waals surface area (Å²) in [7, 11) is 0. The third kappa shape index (κ3) is 2.39. The molecule has 0 fully saturated rings. The summed E-state index contributed by atoms with van der Waals surface area (Å²) >= 11 is 4.69. The fraction of sp³-hybridized carbons (Fsp3) is 0.333. The van der Waals surface area contributed by atoms with Crippen LogP contribution >= 0.6 is 12.2 Å². The first-order valence-electron chi connectivity index (χ1n) is 3.28. The van der Waals surface area contributed by atoms with E-state index in [-0.39, 0.29) is 0 Å². The lowest BCUT2D eigenvalue weighted by atomic mass is 10.7. The summed E-state index contributed by atoms with van der Waals surface area (Å²) in [6.45, 7) is 3.47. The molecule has 0 aromatic carbocycles. The maximum absolute atomic E-state index is 4.90. The summed E-state index contributed by atoms with van der Waals surface area (Å²) in [6.07, 6.45) is 3.02. The molecule has 12 heavy (non-hydrogen) atoms. The molecule has 0 radical (unpaired) electrons. The number of nitrogens with zero attached hydrogens (tertiary/aromatic N) is 4. The van der Waals surface area contributed by atoms with Crippen LogP contribution in [0.2, 0.25) is 0 Å². The number of rotatable bonds is 2. The van der Waals surface area contributed by atoms with Gasteiger partial charge in [-0.1, -0.05) is 0 Å². The SMILES string of the molecule is CC(=S)OC=Cn1nnnc1C. The fourth-order valence-electron chi connectivity index (χ4n) is 0.560. The zero-order valence-electron chi connectivity index (χ0n) is 6.76. The molecule has 0 N–H and O–H groups in total. The molecule has 0 saturated carbocycles. The van der Waals surface area contributed by atoms with Crippen molar-refractivity contribution in [3.05, 3.63) is 12.1 Å². The molecule has 64 valence electrons. The number of tetrazole rings is 1. The molecule has 0 unspecified atom stereocenters. The molecule has 1 heterocycles. The summed E-state index contributed by atoms with van der Waals surface area (Å²) in [6, 6.07) is 0. The largest absolute Gasteiger partial charge is 0.457 e. The predicted octanol–water partition coefficient (Wildman–Crippen LogP) is 0.774. The first-order chi connectivity index (χ1) is 5.70. The van der Waals surface area contributed by atoms with Crippen LogP contribution in [0.3, 0.4) is 0 Å². The topological polar surface area (TPSA) is 52.8 Å². The second kappa shape index (κ2) is 3.91. The van der Waals surface area contributed by atoms with Gasteiger partial charge in [-0.15, -0.1) is 5.10 Å². The van der Waals surface area contributed by atoms with Gasteiger partial charge in [0.25, 0.3) is 0 Å². The smallest absolute Gasteiger partial charge is 0.163 e. The molecule has 0 atom stereocenters. The van der Waals surface area contributed by atoms with Crippen LogP contribution in [-0.2, 0) is 4.74 Å². The number of aromatic nitrogens is 4. The Morgan fingerprint density at radius 3 is 2.92 bits per heavy atom. The molecule has 1 aromatic rings. The Morgan fingerprint density at radius 2 is 2.42 bits per heavy atom. The molecule has 5 nitrogen and oxygen atoms in total.